The number of nitrogens with zero attached hydrogens (tertiary/aromatic N) is 4. The van der Waals surface area contributed by atoms with Gasteiger partial charge in [0.25, 0.3) is 0 Å². The highest BCUT2D eigenvalue weighted by Gasteiger charge is 2.20. The maximum absolute atomic E-state index is 14.0. The van der Waals surface area contributed by atoms with Gasteiger partial charge in [-0.3, -0.25) is 0 Å². The molecule has 132 valence electrons. The third kappa shape index (κ3) is 3.59. The van der Waals surface area contributed by atoms with Gasteiger partial charge in [0.15, 0.2) is 0 Å². The van der Waals surface area contributed by atoms with Gasteiger partial charge in [-0.05, 0) is 24.3 Å². The fourth-order valence-corrected chi connectivity index (χ4v) is 3.05. The summed E-state index contributed by atoms with van der Waals surface area (Å²) in [6, 6.07) is 18.3. The summed E-state index contributed by atoms with van der Waals surface area (Å²) in [4.78, 5) is 12.8. The van der Waals surface area contributed by atoms with E-state index in [2.05, 4.69) is 19.8 Å². The van der Waals surface area contributed by atoms with Crippen molar-refractivity contribution in [3.63, 3.8) is 0 Å². The van der Waals surface area contributed by atoms with Crippen LogP contribution in [0.2, 0.25) is 0 Å². The van der Waals surface area contributed by atoms with Crippen LogP contribution in [0.4, 0.5) is 15.9 Å². The third-order valence-electron chi connectivity index (χ3n) is 4.39. The van der Waals surface area contributed by atoms with Gasteiger partial charge in [-0.2, -0.15) is 0 Å². The van der Waals surface area contributed by atoms with Gasteiger partial charge in [0.05, 0.1) is 5.69 Å². The highest BCUT2D eigenvalue weighted by molar-refractivity contribution is 5.50. The Labute approximate surface area is 151 Å². The Hall–Kier alpha value is -3.15. The van der Waals surface area contributed by atoms with Gasteiger partial charge in [0.1, 0.15) is 23.7 Å². The summed E-state index contributed by atoms with van der Waals surface area (Å²) >= 11 is 0. The van der Waals surface area contributed by atoms with Crippen molar-refractivity contribution in [3.8, 4) is 11.6 Å². The average molecular weight is 350 g/mol. The second kappa shape index (κ2) is 7.39. The smallest absolute Gasteiger partial charge is 0.224 e. The number of benzene rings is 2. The molecule has 0 spiro atoms. The van der Waals surface area contributed by atoms with E-state index in [-0.39, 0.29) is 5.82 Å². The Morgan fingerprint density at radius 3 is 2.27 bits per heavy atom. The third-order valence-corrected chi connectivity index (χ3v) is 4.39. The van der Waals surface area contributed by atoms with Gasteiger partial charge in [0.2, 0.25) is 5.88 Å². The normalized spacial score (nSPS) is 14.3. The van der Waals surface area contributed by atoms with Crippen LogP contribution in [0.15, 0.2) is 67.0 Å². The molecule has 0 aliphatic carbocycles. The Kier molecular flexibility index (Phi) is 4.64. The van der Waals surface area contributed by atoms with Crippen LogP contribution in [0.3, 0.4) is 0 Å². The quantitative estimate of drug-likeness (QED) is 0.717. The average Bonchev–Trinajstić information content (AvgIpc) is 2.70. The number of hydrogen-bond donors (Lipinski definition) is 0. The molecule has 0 unspecified atom stereocenters. The number of anilines is 2. The molecule has 4 rings (SSSR count). The lowest BCUT2D eigenvalue weighted by Gasteiger charge is -2.36. The van der Waals surface area contributed by atoms with E-state index in [9.17, 15) is 4.39 Å². The summed E-state index contributed by atoms with van der Waals surface area (Å²) in [5.41, 5.74) is 0.655. The van der Waals surface area contributed by atoms with E-state index in [1.54, 1.807) is 6.07 Å². The molecule has 0 radical (unpaired) electrons. The summed E-state index contributed by atoms with van der Waals surface area (Å²) in [5.74, 6) is 1.89. The van der Waals surface area contributed by atoms with Crippen molar-refractivity contribution in [1.29, 1.82) is 0 Å². The Balaban J connectivity index is 1.43. The zero-order valence-electron chi connectivity index (χ0n) is 14.3. The first-order valence-corrected chi connectivity index (χ1v) is 8.59. The first-order valence-electron chi connectivity index (χ1n) is 8.59. The lowest BCUT2D eigenvalue weighted by atomic mass is 10.2. The number of aromatic nitrogens is 2. The molecule has 1 aliphatic heterocycles. The highest BCUT2D eigenvalue weighted by atomic mass is 19.1. The first kappa shape index (κ1) is 16.3. The summed E-state index contributed by atoms with van der Waals surface area (Å²) in [6.45, 7) is 2.99. The van der Waals surface area contributed by atoms with Crippen LogP contribution >= 0.6 is 0 Å². The SMILES string of the molecule is Fc1ccccc1N1CCN(c2cc(Oc3ccccc3)ncn2)CC1. The van der Waals surface area contributed by atoms with E-state index < -0.39 is 0 Å². The predicted molar refractivity (Wildman–Crippen MR) is 99.4 cm³/mol. The second-order valence-corrected chi connectivity index (χ2v) is 6.06. The monoisotopic (exact) mass is 350 g/mol. The molecular weight excluding hydrogens is 331 g/mol. The zero-order chi connectivity index (χ0) is 17.8. The molecule has 3 aromatic rings. The zero-order valence-corrected chi connectivity index (χ0v) is 14.3. The Bertz CT molecular complexity index is 866. The molecule has 1 saturated heterocycles. The van der Waals surface area contributed by atoms with Gasteiger partial charge in [-0.15, -0.1) is 0 Å². The summed E-state index contributed by atoms with van der Waals surface area (Å²) in [7, 11) is 0. The Morgan fingerprint density at radius 2 is 1.50 bits per heavy atom. The number of piperazine rings is 1. The minimum Gasteiger partial charge on any atom is -0.439 e. The van der Waals surface area contributed by atoms with E-state index in [4.69, 9.17) is 4.74 Å². The number of hydrogen-bond acceptors (Lipinski definition) is 5. The lowest BCUT2D eigenvalue weighted by molar-refractivity contribution is 0.461. The van der Waals surface area contributed by atoms with Gasteiger partial charge in [0, 0.05) is 32.2 Å². The molecule has 1 fully saturated rings. The topological polar surface area (TPSA) is 41.5 Å². The summed E-state index contributed by atoms with van der Waals surface area (Å²) in [5, 5.41) is 0. The van der Waals surface area contributed by atoms with Crippen molar-refractivity contribution in [2.24, 2.45) is 0 Å². The van der Waals surface area contributed by atoms with E-state index in [0.717, 1.165) is 37.7 Å². The van der Waals surface area contributed by atoms with Crippen LogP contribution in [0.1, 0.15) is 0 Å². The van der Waals surface area contributed by atoms with Crippen molar-refractivity contribution in [3.05, 3.63) is 72.8 Å². The second-order valence-electron chi connectivity index (χ2n) is 6.06. The van der Waals surface area contributed by atoms with Gasteiger partial charge >= 0.3 is 0 Å². The van der Waals surface area contributed by atoms with E-state index >= 15 is 0 Å². The van der Waals surface area contributed by atoms with Crippen molar-refractivity contribution >= 4 is 11.5 Å². The van der Waals surface area contributed by atoms with Crippen LogP contribution < -0.4 is 14.5 Å². The number of rotatable bonds is 4. The van der Waals surface area contributed by atoms with Gasteiger partial charge < -0.3 is 14.5 Å². The van der Waals surface area contributed by atoms with E-state index in [1.165, 1.54) is 12.4 Å². The van der Waals surface area contributed by atoms with Crippen LogP contribution in [0.25, 0.3) is 0 Å². The van der Waals surface area contributed by atoms with Crippen molar-refractivity contribution in [2.45, 2.75) is 0 Å². The largest absolute Gasteiger partial charge is 0.439 e. The van der Waals surface area contributed by atoms with Crippen LogP contribution in [-0.2, 0) is 0 Å². The summed E-state index contributed by atoms with van der Waals surface area (Å²) in [6.07, 6.45) is 1.51. The number of halogens is 1. The molecule has 0 saturated carbocycles. The minimum absolute atomic E-state index is 0.179. The fourth-order valence-electron chi connectivity index (χ4n) is 3.05. The van der Waals surface area contributed by atoms with E-state index in [1.807, 2.05) is 48.5 Å². The van der Waals surface area contributed by atoms with Gasteiger partial charge in [-0.1, -0.05) is 30.3 Å². The molecule has 0 amide bonds. The number of para-hydroxylation sites is 2. The molecule has 0 N–H and O–H groups in total. The standard InChI is InChI=1S/C20H19FN4O/c21-17-8-4-5-9-18(17)24-10-12-25(13-11-24)19-14-20(23-15-22-19)26-16-6-2-1-3-7-16/h1-9,14-15H,10-13H2. The first-order chi connectivity index (χ1) is 12.8. The highest BCUT2D eigenvalue weighted by Crippen LogP contribution is 2.24. The molecule has 26 heavy (non-hydrogen) atoms. The van der Waals surface area contributed by atoms with Crippen molar-refractivity contribution in [1.82, 2.24) is 9.97 Å². The molecule has 1 aromatic heterocycles. The predicted octanol–water partition coefficient (Wildman–Crippen LogP) is 3.73. The molecule has 5 nitrogen and oxygen atoms in total. The van der Waals surface area contributed by atoms with Crippen molar-refractivity contribution < 1.29 is 9.13 Å². The maximum atomic E-state index is 14.0. The molecule has 2 heterocycles. The van der Waals surface area contributed by atoms with Gasteiger partial charge in [-0.25, -0.2) is 14.4 Å². The van der Waals surface area contributed by atoms with Crippen LogP contribution in [-0.4, -0.2) is 36.1 Å². The minimum atomic E-state index is -0.179. The molecule has 6 heteroatoms. The molecule has 1 aliphatic rings. The Morgan fingerprint density at radius 1 is 0.808 bits per heavy atom. The summed E-state index contributed by atoms with van der Waals surface area (Å²) < 4.78 is 19.7. The fraction of sp³-hybridized carbons (Fsp3) is 0.200. The molecule has 0 bridgehead atoms. The van der Waals surface area contributed by atoms with E-state index in [0.29, 0.717) is 11.6 Å². The van der Waals surface area contributed by atoms with Crippen LogP contribution in [0.5, 0.6) is 11.6 Å². The van der Waals surface area contributed by atoms with Crippen LogP contribution in [0, 0.1) is 5.82 Å². The molecule has 2 aromatic carbocycles. The lowest BCUT2D eigenvalue weighted by Crippen LogP contribution is -2.47. The molecular formula is C20H19FN4O. The number of ether oxygens (including phenoxy) is 1. The van der Waals surface area contributed by atoms with Crippen molar-refractivity contribution in [2.75, 3.05) is 36.0 Å². The maximum Gasteiger partial charge on any atom is 0.224 e. The molecule has 0 atom stereocenters.